The Morgan fingerprint density at radius 3 is 2.60 bits per heavy atom. The Balaban J connectivity index is 2.19. The fraction of sp³-hybridized carbons (Fsp3) is 0.833. The van der Waals surface area contributed by atoms with Crippen molar-refractivity contribution in [1.82, 2.24) is 0 Å². The molecule has 0 aliphatic heterocycles. The molecule has 0 radical (unpaired) electrons. The van der Waals surface area contributed by atoms with Gasteiger partial charge in [-0.1, -0.05) is 32.1 Å². The molecule has 1 aliphatic rings. The van der Waals surface area contributed by atoms with Crippen LogP contribution in [-0.4, -0.2) is 18.3 Å². The first-order valence-corrected chi connectivity index (χ1v) is 5.94. The number of carbonyl (C=O) groups is 1. The van der Waals surface area contributed by atoms with Gasteiger partial charge in [0.1, 0.15) is 0 Å². The summed E-state index contributed by atoms with van der Waals surface area (Å²) in [7, 11) is 0. The lowest BCUT2D eigenvalue weighted by atomic mass is 9.85. The molecule has 1 fully saturated rings. The van der Waals surface area contributed by atoms with E-state index in [0.717, 1.165) is 6.42 Å². The zero-order valence-corrected chi connectivity index (χ0v) is 9.55. The summed E-state index contributed by atoms with van der Waals surface area (Å²) in [6, 6.07) is 0. The molecule has 0 aromatic heterocycles. The van der Waals surface area contributed by atoms with E-state index < -0.39 is 0 Å². The van der Waals surface area contributed by atoms with Gasteiger partial charge < -0.3 is 10.1 Å². The first-order valence-electron chi connectivity index (χ1n) is 5.94. The third kappa shape index (κ3) is 4.96. The van der Waals surface area contributed by atoms with Crippen molar-refractivity contribution in [2.24, 2.45) is 5.92 Å². The van der Waals surface area contributed by atoms with E-state index in [2.05, 4.69) is 0 Å². The van der Waals surface area contributed by atoms with Crippen molar-refractivity contribution >= 4 is 11.7 Å². The van der Waals surface area contributed by atoms with E-state index in [4.69, 9.17) is 10.1 Å². The molecule has 0 heterocycles. The lowest BCUT2D eigenvalue weighted by molar-refractivity contribution is -0.141. The third-order valence-electron chi connectivity index (χ3n) is 2.92. The zero-order chi connectivity index (χ0) is 11.1. The number of ether oxygens (including phenoxy) is 1. The quantitative estimate of drug-likeness (QED) is 0.561. The summed E-state index contributed by atoms with van der Waals surface area (Å²) in [5.74, 6) is 0.388. The minimum Gasteiger partial charge on any atom is -0.466 e. The second-order valence-corrected chi connectivity index (χ2v) is 4.29. The SMILES string of the molecule is CCOC(=O)CC(=N)CC1CCCCC1. The van der Waals surface area contributed by atoms with Crippen LogP contribution < -0.4 is 0 Å². The Hall–Kier alpha value is -0.860. The van der Waals surface area contributed by atoms with Crippen LogP contribution in [0.3, 0.4) is 0 Å². The maximum atomic E-state index is 11.1. The normalized spacial score (nSPS) is 17.4. The molecule has 0 bridgehead atoms. The van der Waals surface area contributed by atoms with E-state index in [1.54, 1.807) is 6.92 Å². The van der Waals surface area contributed by atoms with Crippen LogP contribution in [0.25, 0.3) is 0 Å². The predicted octanol–water partition coefficient (Wildman–Crippen LogP) is 2.93. The van der Waals surface area contributed by atoms with Crippen LogP contribution in [0.15, 0.2) is 0 Å². The topological polar surface area (TPSA) is 50.2 Å². The molecule has 0 aromatic carbocycles. The van der Waals surface area contributed by atoms with Gasteiger partial charge in [0.25, 0.3) is 0 Å². The molecule has 3 nitrogen and oxygen atoms in total. The highest BCUT2D eigenvalue weighted by atomic mass is 16.5. The molecule has 3 heteroatoms. The van der Waals surface area contributed by atoms with Crippen molar-refractivity contribution in [1.29, 1.82) is 5.41 Å². The molecule has 86 valence electrons. The molecular weight excluding hydrogens is 190 g/mol. The number of nitrogens with one attached hydrogen (secondary N) is 1. The highest BCUT2D eigenvalue weighted by Crippen LogP contribution is 2.26. The molecule has 1 aliphatic carbocycles. The van der Waals surface area contributed by atoms with E-state index in [9.17, 15) is 4.79 Å². The Bertz CT molecular complexity index is 220. The maximum absolute atomic E-state index is 11.1. The Kier molecular flexibility index (Phi) is 5.37. The molecule has 0 saturated heterocycles. The average molecular weight is 211 g/mol. The molecular formula is C12H21NO2. The second-order valence-electron chi connectivity index (χ2n) is 4.29. The largest absolute Gasteiger partial charge is 0.466 e. The van der Waals surface area contributed by atoms with Crippen LogP contribution in [0.5, 0.6) is 0 Å². The highest BCUT2D eigenvalue weighted by Gasteiger charge is 2.16. The van der Waals surface area contributed by atoms with Crippen molar-refractivity contribution in [3.8, 4) is 0 Å². The van der Waals surface area contributed by atoms with Gasteiger partial charge in [0.05, 0.1) is 13.0 Å². The molecule has 0 spiro atoms. The van der Waals surface area contributed by atoms with Crippen molar-refractivity contribution in [3.63, 3.8) is 0 Å². The van der Waals surface area contributed by atoms with Crippen molar-refractivity contribution in [2.75, 3.05) is 6.61 Å². The molecule has 0 amide bonds. The van der Waals surface area contributed by atoms with Crippen molar-refractivity contribution in [3.05, 3.63) is 0 Å². The summed E-state index contributed by atoms with van der Waals surface area (Å²) in [6.07, 6.45) is 7.34. The Morgan fingerprint density at radius 1 is 1.33 bits per heavy atom. The lowest BCUT2D eigenvalue weighted by Gasteiger charge is -2.21. The Labute approximate surface area is 91.7 Å². The molecule has 0 aromatic rings. The van der Waals surface area contributed by atoms with Gasteiger partial charge >= 0.3 is 5.97 Å². The van der Waals surface area contributed by atoms with Crippen LogP contribution in [0.4, 0.5) is 0 Å². The molecule has 1 N–H and O–H groups in total. The molecule has 1 saturated carbocycles. The number of hydrogen-bond donors (Lipinski definition) is 1. The number of esters is 1. The Morgan fingerprint density at radius 2 is 2.00 bits per heavy atom. The van der Waals surface area contributed by atoms with Gasteiger partial charge in [0.2, 0.25) is 0 Å². The second kappa shape index (κ2) is 6.59. The molecule has 0 atom stereocenters. The fourth-order valence-electron chi connectivity index (χ4n) is 2.20. The van der Waals surface area contributed by atoms with E-state index in [-0.39, 0.29) is 12.4 Å². The van der Waals surface area contributed by atoms with Gasteiger partial charge in [-0.05, 0) is 19.3 Å². The fourth-order valence-corrected chi connectivity index (χ4v) is 2.20. The highest BCUT2D eigenvalue weighted by molar-refractivity contribution is 5.97. The summed E-state index contributed by atoms with van der Waals surface area (Å²) >= 11 is 0. The molecule has 0 unspecified atom stereocenters. The first kappa shape index (κ1) is 12.2. The summed E-state index contributed by atoms with van der Waals surface area (Å²) in [6.45, 7) is 2.21. The predicted molar refractivity (Wildman–Crippen MR) is 60.2 cm³/mol. The summed E-state index contributed by atoms with van der Waals surface area (Å²) < 4.78 is 4.82. The summed E-state index contributed by atoms with van der Waals surface area (Å²) in [4.78, 5) is 11.1. The van der Waals surface area contributed by atoms with Crippen molar-refractivity contribution in [2.45, 2.75) is 51.9 Å². The van der Waals surface area contributed by atoms with Gasteiger partial charge in [0.15, 0.2) is 0 Å². The maximum Gasteiger partial charge on any atom is 0.311 e. The van der Waals surface area contributed by atoms with Crippen LogP contribution in [0.1, 0.15) is 51.9 Å². The molecule has 15 heavy (non-hydrogen) atoms. The summed E-state index contributed by atoms with van der Waals surface area (Å²) in [5, 5.41) is 7.73. The monoisotopic (exact) mass is 211 g/mol. The average Bonchev–Trinajstić information content (AvgIpc) is 2.19. The number of hydrogen-bond acceptors (Lipinski definition) is 3. The standard InChI is InChI=1S/C12H21NO2/c1-2-15-12(14)9-11(13)8-10-6-4-3-5-7-10/h10,13H,2-9H2,1H3. The minimum absolute atomic E-state index is 0.185. The van der Waals surface area contributed by atoms with Crippen LogP contribution in [0.2, 0.25) is 0 Å². The van der Waals surface area contributed by atoms with Gasteiger partial charge in [-0.15, -0.1) is 0 Å². The smallest absolute Gasteiger partial charge is 0.311 e. The van der Waals surface area contributed by atoms with Gasteiger partial charge in [-0.25, -0.2) is 0 Å². The first-order chi connectivity index (χ1) is 7.22. The van der Waals surface area contributed by atoms with Gasteiger partial charge in [-0.2, -0.15) is 0 Å². The van der Waals surface area contributed by atoms with Gasteiger partial charge in [-0.3, -0.25) is 4.79 Å². The van der Waals surface area contributed by atoms with E-state index in [1.807, 2.05) is 0 Å². The summed E-state index contributed by atoms with van der Waals surface area (Å²) in [5.41, 5.74) is 0.542. The third-order valence-corrected chi connectivity index (χ3v) is 2.92. The number of rotatable bonds is 5. The van der Waals surface area contributed by atoms with Crippen LogP contribution in [0, 0.1) is 11.3 Å². The lowest BCUT2D eigenvalue weighted by Crippen LogP contribution is -2.15. The van der Waals surface area contributed by atoms with Crippen LogP contribution in [-0.2, 0) is 9.53 Å². The number of carbonyl (C=O) groups excluding carboxylic acids is 1. The zero-order valence-electron chi connectivity index (χ0n) is 9.55. The van der Waals surface area contributed by atoms with Gasteiger partial charge in [0, 0.05) is 5.71 Å². The van der Waals surface area contributed by atoms with Crippen LogP contribution >= 0.6 is 0 Å². The van der Waals surface area contributed by atoms with Crippen molar-refractivity contribution < 1.29 is 9.53 Å². The van der Waals surface area contributed by atoms with E-state index >= 15 is 0 Å². The minimum atomic E-state index is -0.252. The molecule has 1 rings (SSSR count). The van der Waals surface area contributed by atoms with E-state index in [1.165, 1.54) is 32.1 Å². The van der Waals surface area contributed by atoms with E-state index in [0.29, 0.717) is 18.2 Å².